The zero-order chi connectivity index (χ0) is 17.3. The molecule has 2 aliphatic rings. The molecule has 0 unspecified atom stereocenters. The first-order valence-electron chi connectivity index (χ1n) is 9.01. The Kier molecular flexibility index (Phi) is 3.87. The van der Waals surface area contributed by atoms with Gasteiger partial charge in [-0.3, -0.25) is 9.98 Å². The Hall–Kier alpha value is -2.79. The second-order valence-electron chi connectivity index (χ2n) is 6.66. The fourth-order valence-corrected chi connectivity index (χ4v) is 3.59. The maximum atomic E-state index is 6.25. The molecular weight excluding hydrogens is 326 g/mol. The van der Waals surface area contributed by atoms with Crippen LogP contribution in [0.25, 0.3) is 10.9 Å². The molecule has 0 bridgehead atoms. The van der Waals surface area contributed by atoms with Crippen molar-refractivity contribution < 1.29 is 9.47 Å². The molecule has 5 nitrogen and oxygen atoms in total. The molecule has 0 radical (unpaired) electrons. The first-order valence-corrected chi connectivity index (χ1v) is 9.01. The predicted molar refractivity (Wildman–Crippen MR) is 99.8 cm³/mol. The van der Waals surface area contributed by atoms with Crippen molar-refractivity contribution in [3.63, 3.8) is 0 Å². The predicted octanol–water partition coefficient (Wildman–Crippen LogP) is 3.54. The van der Waals surface area contributed by atoms with Crippen molar-refractivity contribution in [3.8, 4) is 5.88 Å². The second-order valence-corrected chi connectivity index (χ2v) is 6.66. The molecule has 2 aromatic heterocycles. The van der Waals surface area contributed by atoms with Crippen LogP contribution >= 0.6 is 0 Å². The summed E-state index contributed by atoms with van der Waals surface area (Å²) >= 11 is 0. The third kappa shape index (κ3) is 2.74. The van der Waals surface area contributed by atoms with Crippen LogP contribution in [0.4, 0.5) is 0 Å². The lowest BCUT2D eigenvalue weighted by Gasteiger charge is -2.24. The maximum Gasteiger partial charge on any atom is 0.223 e. The summed E-state index contributed by atoms with van der Waals surface area (Å²) in [5.74, 6) is 0.679. The Bertz CT molecular complexity index is 993. The molecule has 1 saturated heterocycles. The van der Waals surface area contributed by atoms with Gasteiger partial charge in [0.25, 0.3) is 0 Å². The van der Waals surface area contributed by atoms with E-state index in [9.17, 15) is 0 Å². The van der Waals surface area contributed by atoms with E-state index in [0.29, 0.717) is 12.4 Å². The number of hydrogen-bond acceptors (Lipinski definition) is 5. The Morgan fingerprint density at radius 3 is 2.85 bits per heavy atom. The zero-order valence-corrected chi connectivity index (χ0v) is 14.4. The number of pyridine rings is 2. The van der Waals surface area contributed by atoms with Crippen molar-refractivity contribution in [1.82, 2.24) is 9.97 Å². The average molecular weight is 345 g/mol. The van der Waals surface area contributed by atoms with Gasteiger partial charge in [0.2, 0.25) is 5.88 Å². The molecule has 4 heterocycles. The van der Waals surface area contributed by atoms with Crippen LogP contribution in [0, 0.1) is 0 Å². The van der Waals surface area contributed by atoms with E-state index in [1.165, 1.54) is 0 Å². The third-order valence-electron chi connectivity index (χ3n) is 4.96. The molecule has 0 aliphatic carbocycles. The van der Waals surface area contributed by atoms with Crippen LogP contribution in [0.3, 0.4) is 0 Å². The molecule has 3 aromatic rings. The van der Waals surface area contributed by atoms with E-state index in [2.05, 4.69) is 22.1 Å². The molecular formula is C21H19N3O2. The van der Waals surface area contributed by atoms with Gasteiger partial charge in [-0.05, 0) is 23.8 Å². The molecule has 5 heteroatoms. The Morgan fingerprint density at radius 2 is 1.92 bits per heavy atom. The van der Waals surface area contributed by atoms with Gasteiger partial charge < -0.3 is 9.47 Å². The van der Waals surface area contributed by atoms with Crippen LogP contribution in [-0.4, -0.2) is 35.0 Å². The number of aromatic nitrogens is 2. The molecule has 1 fully saturated rings. The van der Waals surface area contributed by atoms with Gasteiger partial charge in [0, 0.05) is 36.2 Å². The summed E-state index contributed by atoms with van der Waals surface area (Å²) in [5.41, 5.74) is 5.09. The molecule has 130 valence electrons. The zero-order valence-electron chi connectivity index (χ0n) is 14.4. The standard InChI is InChI=1S/C21H19N3O2/c1-2-4-18-14(3-1)11-16(13-23-18)20-19-15(12-24-20)5-8-22-21(19)26-17-6-9-25-10-7-17/h1-5,8,11,13,17H,6-7,9-10,12H2. The van der Waals surface area contributed by atoms with Gasteiger partial charge in [-0.2, -0.15) is 0 Å². The van der Waals surface area contributed by atoms with Gasteiger partial charge >= 0.3 is 0 Å². The van der Waals surface area contributed by atoms with E-state index in [1.807, 2.05) is 36.7 Å². The first-order chi connectivity index (χ1) is 12.9. The molecule has 0 N–H and O–H groups in total. The molecule has 0 saturated carbocycles. The van der Waals surface area contributed by atoms with E-state index in [4.69, 9.17) is 14.5 Å². The third-order valence-corrected chi connectivity index (χ3v) is 4.96. The minimum absolute atomic E-state index is 0.152. The Balaban J connectivity index is 1.53. The summed E-state index contributed by atoms with van der Waals surface area (Å²) in [7, 11) is 0. The van der Waals surface area contributed by atoms with Crippen LogP contribution in [0.15, 0.2) is 53.8 Å². The SMILES string of the molecule is c1ccc2ncc(C3=NCc4ccnc(OC5CCOCC5)c43)cc2c1. The maximum absolute atomic E-state index is 6.25. The number of para-hydroxylation sites is 1. The van der Waals surface area contributed by atoms with E-state index in [1.54, 1.807) is 0 Å². The quantitative estimate of drug-likeness (QED) is 0.728. The highest BCUT2D eigenvalue weighted by molar-refractivity contribution is 6.17. The van der Waals surface area contributed by atoms with Crippen molar-refractivity contribution in [3.05, 3.63) is 65.5 Å². The lowest BCUT2D eigenvalue weighted by molar-refractivity contribution is 0.0236. The van der Waals surface area contributed by atoms with Crippen LogP contribution in [0.5, 0.6) is 5.88 Å². The van der Waals surface area contributed by atoms with Crippen LogP contribution in [0.2, 0.25) is 0 Å². The van der Waals surface area contributed by atoms with Crippen molar-refractivity contribution in [2.45, 2.75) is 25.5 Å². The average Bonchev–Trinajstić information content (AvgIpc) is 3.14. The van der Waals surface area contributed by atoms with Crippen LogP contribution in [-0.2, 0) is 11.3 Å². The number of nitrogens with zero attached hydrogens (tertiary/aromatic N) is 3. The fourth-order valence-electron chi connectivity index (χ4n) is 3.59. The second kappa shape index (κ2) is 6.50. The van der Waals surface area contributed by atoms with Gasteiger partial charge in [-0.15, -0.1) is 0 Å². The van der Waals surface area contributed by atoms with E-state index in [-0.39, 0.29) is 6.10 Å². The van der Waals surface area contributed by atoms with Gasteiger partial charge in [-0.25, -0.2) is 4.98 Å². The number of fused-ring (bicyclic) bond motifs is 2. The summed E-state index contributed by atoms with van der Waals surface area (Å²) in [4.78, 5) is 13.9. The number of benzene rings is 1. The molecule has 5 rings (SSSR count). The smallest absolute Gasteiger partial charge is 0.223 e. The van der Waals surface area contributed by atoms with Gasteiger partial charge in [0.1, 0.15) is 6.10 Å². The summed E-state index contributed by atoms with van der Waals surface area (Å²) in [6, 6.07) is 12.3. The van der Waals surface area contributed by atoms with E-state index in [0.717, 1.165) is 59.4 Å². The molecule has 2 aliphatic heterocycles. The normalized spacial score (nSPS) is 17.2. The number of rotatable bonds is 3. The summed E-state index contributed by atoms with van der Waals surface area (Å²) in [5, 5.41) is 1.11. The first kappa shape index (κ1) is 15.5. The van der Waals surface area contributed by atoms with Gasteiger partial charge in [0.15, 0.2) is 0 Å². The number of hydrogen-bond donors (Lipinski definition) is 0. The highest BCUT2D eigenvalue weighted by atomic mass is 16.5. The molecule has 26 heavy (non-hydrogen) atoms. The van der Waals surface area contributed by atoms with Gasteiger partial charge in [0.05, 0.1) is 36.6 Å². The van der Waals surface area contributed by atoms with Gasteiger partial charge in [-0.1, -0.05) is 18.2 Å². The summed E-state index contributed by atoms with van der Waals surface area (Å²) in [6.45, 7) is 2.15. The Morgan fingerprint density at radius 1 is 1.04 bits per heavy atom. The van der Waals surface area contributed by atoms with E-state index < -0.39 is 0 Å². The van der Waals surface area contributed by atoms with Crippen molar-refractivity contribution in [2.24, 2.45) is 4.99 Å². The molecule has 1 aromatic carbocycles. The molecule has 0 amide bonds. The summed E-state index contributed by atoms with van der Waals surface area (Å²) < 4.78 is 11.7. The fraction of sp³-hybridized carbons (Fsp3) is 0.286. The molecule has 0 spiro atoms. The molecule has 0 atom stereocenters. The minimum atomic E-state index is 0.152. The van der Waals surface area contributed by atoms with Crippen molar-refractivity contribution >= 4 is 16.6 Å². The minimum Gasteiger partial charge on any atom is -0.474 e. The summed E-state index contributed by atoms with van der Waals surface area (Å²) in [6.07, 6.45) is 5.65. The Labute approximate surface area is 151 Å². The topological polar surface area (TPSA) is 56.6 Å². The number of ether oxygens (including phenoxy) is 2. The highest BCUT2D eigenvalue weighted by Gasteiger charge is 2.26. The van der Waals surface area contributed by atoms with Crippen molar-refractivity contribution in [2.75, 3.05) is 13.2 Å². The lowest BCUT2D eigenvalue weighted by Crippen LogP contribution is -2.27. The van der Waals surface area contributed by atoms with Crippen molar-refractivity contribution in [1.29, 1.82) is 0 Å². The highest BCUT2D eigenvalue weighted by Crippen LogP contribution is 2.31. The monoisotopic (exact) mass is 345 g/mol. The van der Waals surface area contributed by atoms with E-state index >= 15 is 0 Å². The number of aliphatic imine (C=N–C) groups is 1. The van der Waals surface area contributed by atoms with Crippen LogP contribution < -0.4 is 4.74 Å². The largest absolute Gasteiger partial charge is 0.474 e. The lowest BCUT2D eigenvalue weighted by atomic mass is 10.0. The van der Waals surface area contributed by atoms with Crippen LogP contribution in [0.1, 0.15) is 29.5 Å².